The Kier molecular flexibility index (Phi) is 5.13. The molecule has 18 heavy (non-hydrogen) atoms. The standard InChI is InChI=1S/C15H17IN2/c1-2-13-4-3-9-18-15(13)11-17-10-12-5-7-14(16)8-6-12/h3-9,17H,2,10-11H2,1H3. The van der Waals surface area contributed by atoms with Crippen LogP contribution in [0.1, 0.15) is 23.7 Å². The average Bonchev–Trinajstić information content (AvgIpc) is 2.41. The summed E-state index contributed by atoms with van der Waals surface area (Å²) >= 11 is 2.32. The van der Waals surface area contributed by atoms with Crippen LogP contribution in [0.25, 0.3) is 0 Å². The second-order valence-corrected chi connectivity index (χ2v) is 5.44. The van der Waals surface area contributed by atoms with Crippen molar-refractivity contribution >= 4 is 22.6 Å². The molecule has 0 saturated heterocycles. The van der Waals surface area contributed by atoms with Gasteiger partial charge in [0.2, 0.25) is 0 Å². The van der Waals surface area contributed by atoms with Crippen molar-refractivity contribution in [1.82, 2.24) is 10.3 Å². The van der Waals surface area contributed by atoms with Crippen molar-refractivity contribution < 1.29 is 0 Å². The van der Waals surface area contributed by atoms with Gasteiger partial charge in [-0.1, -0.05) is 25.1 Å². The van der Waals surface area contributed by atoms with Gasteiger partial charge in [0.1, 0.15) is 0 Å². The maximum absolute atomic E-state index is 4.43. The Morgan fingerprint density at radius 2 is 1.89 bits per heavy atom. The van der Waals surface area contributed by atoms with Gasteiger partial charge in [-0.25, -0.2) is 0 Å². The lowest BCUT2D eigenvalue weighted by Gasteiger charge is -2.08. The number of rotatable bonds is 5. The zero-order chi connectivity index (χ0) is 12.8. The van der Waals surface area contributed by atoms with E-state index in [1.165, 1.54) is 14.7 Å². The van der Waals surface area contributed by atoms with E-state index in [0.29, 0.717) is 0 Å². The Bertz CT molecular complexity index is 494. The molecule has 2 nitrogen and oxygen atoms in total. The third-order valence-electron chi connectivity index (χ3n) is 2.90. The predicted octanol–water partition coefficient (Wildman–Crippen LogP) is 3.54. The van der Waals surface area contributed by atoms with Gasteiger partial charge in [0, 0.05) is 22.9 Å². The molecule has 0 unspecified atom stereocenters. The van der Waals surface area contributed by atoms with Gasteiger partial charge in [-0.2, -0.15) is 0 Å². The Labute approximate surface area is 122 Å². The number of nitrogens with zero attached hydrogens (tertiary/aromatic N) is 1. The van der Waals surface area contributed by atoms with Crippen molar-refractivity contribution in [3.8, 4) is 0 Å². The molecule has 0 atom stereocenters. The average molecular weight is 352 g/mol. The van der Waals surface area contributed by atoms with Crippen molar-refractivity contribution in [3.63, 3.8) is 0 Å². The van der Waals surface area contributed by atoms with Gasteiger partial charge in [-0.15, -0.1) is 0 Å². The molecule has 0 amide bonds. The normalized spacial score (nSPS) is 10.6. The molecule has 0 fully saturated rings. The van der Waals surface area contributed by atoms with Crippen molar-refractivity contribution in [2.75, 3.05) is 0 Å². The molecule has 0 aliphatic rings. The number of nitrogens with one attached hydrogen (secondary N) is 1. The van der Waals surface area contributed by atoms with E-state index in [0.717, 1.165) is 25.2 Å². The summed E-state index contributed by atoms with van der Waals surface area (Å²) in [5, 5.41) is 3.45. The van der Waals surface area contributed by atoms with Crippen LogP contribution in [-0.4, -0.2) is 4.98 Å². The summed E-state index contributed by atoms with van der Waals surface area (Å²) in [6.45, 7) is 3.88. The van der Waals surface area contributed by atoms with Gasteiger partial charge in [0.15, 0.2) is 0 Å². The molecular weight excluding hydrogens is 335 g/mol. The van der Waals surface area contributed by atoms with Gasteiger partial charge < -0.3 is 5.32 Å². The van der Waals surface area contributed by atoms with Gasteiger partial charge in [-0.05, 0) is 58.3 Å². The molecular formula is C15H17IN2. The maximum Gasteiger partial charge on any atom is 0.0573 e. The molecule has 1 N–H and O–H groups in total. The highest BCUT2D eigenvalue weighted by Gasteiger charge is 2.00. The van der Waals surface area contributed by atoms with Crippen molar-refractivity contribution in [2.24, 2.45) is 0 Å². The molecule has 0 spiro atoms. The fourth-order valence-corrected chi connectivity index (χ4v) is 2.24. The van der Waals surface area contributed by atoms with Crippen LogP contribution in [0.15, 0.2) is 42.6 Å². The summed E-state index contributed by atoms with van der Waals surface area (Å²) in [5.74, 6) is 0. The first-order valence-electron chi connectivity index (χ1n) is 6.17. The third kappa shape index (κ3) is 3.78. The molecule has 1 aromatic carbocycles. The zero-order valence-electron chi connectivity index (χ0n) is 10.5. The van der Waals surface area contributed by atoms with Crippen molar-refractivity contribution in [3.05, 3.63) is 63.0 Å². The number of hydrogen-bond donors (Lipinski definition) is 1. The quantitative estimate of drug-likeness (QED) is 0.833. The summed E-state index contributed by atoms with van der Waals surface area (Å²) in [4.78, 5) is 4.43. The molecule has 0 radical (unpaired) electrons. The highest BCUT2D eigenvalue weighted by Crippen LogP contribution is 2.08. The SMILES string of the molecule is CCc1cccnc1CNCc1ccc(I)cc1. The van der Waals surface area contributed by atoms with Crippen LogP contribution in [0.4, 0.5) is 0 Å². The minimum atomic E-state index is 0.829. The Hall–Kier alpha value is -0.940. The molecule has 94 valence electrons. The monoisotopic (exact) mass is 352 g/mol. The number of halogens is 1. The predicted molar refractivity (Wildman–Crippen MR) is 83.3 cm³/mol. The topological polar surface area (TPSA) is 24.9 Å². The van der Waals surface area contributed by atoms with E-state index < -0.39 is 0 Å². The van der Waals surface area contributed by atoms with E-state index in [1.54, 1.807) is 0 Å². The number of hydrogen-bond acceptors (Lipinski definition) is 2. The molecule has 0 bridgehead atoms. The lowest BCUT2D eigenvalue weighted by atomic mass is 10.1. The zero-order valence-corrected chi connectivity index (χ0v) is 12.6. The fourth-order valence-electron chi connectivity index (χ4n) is 1.88. The minimum Gasteiger partial charge on any atom is -0.307 e. The highest BCUT2D eigenvalue weighted by molar-refractivity contribution is 14.1. The molecule has 0 aliphatic carbocycles. The van der Waals surface area contributed by atoms with E-state index in [9.17, 15) is 0 Å². The summed E-state index contributed by atoms with van der Waals surface area (Å²) in [5.41, 5.74) is 3.79. The van der Waals surface area contributed by atoms with Crippen LogP contribution in [0.3, 0.4) is 0 Å². The third-order valence-corrected chi connectivity index (χ3v) is 3.62. The largest absolute Gasteiger partial charge is 0.307 e. The lowest BCUT2D eigenvalue weighted by molar-refractivity contribution is 0.673. The minimum absolute atomic E-state index is 0.829. The molecule has 1 heterocycles. The van der Waals surface area contributed by atoms with E-state index in [1.807, 2.05) is 12.3 Å². The number of aromatic nitrogens is 1. The number of pyridine rings is 1. The van der Waals surface area contributed by atoms with Crippen LogP contribution in [0.5, 0.6) is 0 Å². The Morgan fingerprint density at radius 3 is 2.61 bits per heavy atom. The first-order chi connectivity index (χ1) is 8.79. The number of aryl methyl sites for hydroxylation is 1. The first kappa shape index (κ1) is 13.5. The first-order valence-corrected chi connectivity index (χ1v) is 7.25. The van der Waals surface area contributed by atoms with Crippen molar-refractivity contribution in [2.45, 2.75) is 26.4 Å². The number of benzene rings is 1. The maximum atomic E-state index is 4.43. The van der Waals surface area contributed by atoms with Gasteiger partial charge in [-0.3, -0.25) is 4.98 Å². The summed E-state index contributed by atoms with van der Waals surface area (Å²) in [6, 6.07) is 12.7. The molecule has 2 rings (SSSR count). The summed E-state index contributed by atoms with van der Waals surface area (Å²) < 4.78 is 1.27. The van der Waals surface area contributed by atoms with Crippen LogP contribution in [0.2, 0.25) is 0 Å². The second-order valence-electron chi connectivity index (χ2n) is 4.19. The van der Waals surface area contributed by atoms with Crippen LogP contribution in [0, 0.1) is 3.57 Å². The lowest BCUT2D eigenvalue weighted by Crippen LogP contribution is -2.15. The van der Waals surface area contributed by atoms with Crippen LogP contribution >= 0.6 is 22.6 Å². The van der Waals surface area contributed by atoms with Gasteiger partial charge in [0.05, 0.1) is 5.69 Å². The summed E-state index contributed by atoms with van der Waals surface area (Å²) in [7, 11) is 0. The van der Waals surface area contributed by atoms with Crippen LogP contribution in [-0.2, 0) is 19.5 Å². The van der Waals surface area contributed by atoms with E-state index >= 15 is 0 Å². The van der Waals surface area contributed by atoms with Gasteiger partial charge >= 0.3 is 0 Å². The van der Waals surface area contributed by atoms with E-state index in [-0.39, 0.29) is 0 Å². The Balaban J connectivity index is 1.90. The molecule has 0 saturated carbocycles. The smallest absolute Gasteiger partial charge is 0.0573 e. The Morgan fingerprint density at radius 1 is 1.11 bits per heavy atom. The van der Waals surface area contributed by atoms with Crippen LogP contribution < -0.4 is 5.32 Å². The summed E-state index contributed by atoms with van der Waals surface area (Å²) in [6.07, 6.45) is 2.90. The molecule has 0 aliphatic heterocycles. The molecule has 2 aromatic rings. The van der Waals surface area contributed by atoms with E-state index in [2.05, 4.69) is 70.1 Å². The second kappa shape index (κ2) is 6.85. The fraction of sp³-hybridized carbons (Fsp3) is 0.267. The van der Waals surface area contributed by atoms with Gasteiger partial charge in [0.25, 0.3) is 0 Å². The highest BCUT2D eigenvalue weighted by atomic mass is 127. The van der Waals surface area contributed by atoms with Crippen molar-refractivity contribution in [1.29, 1.82) is 0 Å². The molecule has 3 heteroatoms. The molecule has 1 aromatic heterocycles. The van der Waals surface area contributed by atoms with E-state index in [4.69, 9.17) is 0 Å².